The number of rotatable bonds is 22. The first-order chi connectivity index (χ1) is 27.4. The Morgan fingerprint density at radius 1 is 1.09 bits per heavy atom. The predicted molar refractivity (Wildman–Crippen MR) is 229 cm³/mol. The molecule has 2 aromatic rings. The van der Waals surface area contributed by atoms with Gasteiger partial charge in [-0.3, -0.25) is 19.6 Å². The number of ether oxygens (including phenoxy) is 2. The van der Waals surface area contributed by atoms with Crippen LogP contribution in [-0.2, 0) is 19.1 Å². The van der Waals surface area contributed by atoms with Gasteiger partial charge in [0.2, 0.25) is 0 Å². The molecule has 12 heteroatoms. The lowest BCUT2D eigenvalue weighted by Gasteiger charge is -2.59. The van der Waals surface area contributed by atoms with Gasteiger partial charge in [0.15, 0.2) is 0 Å². The number of carbonyl (C=O) groups is 2. The smallest absolute Gasteiger partial charge is 0.293 e. The van der Waals surface area contributed by atoms with Crippen LogP contribution in [-0.4, -0.2) is 130 Å². The Morgan fingerprint density at radius 2 is 1.77 bits per heavy atom. The third-order valence-corrected chi connectivity index (χ3v) is 13.1. The summed E-state index contributed by atoms with van der Waals surface area (Å²) < 4.78 is 11.2. The number of carbonyl (C=O) groups excluding carboxylic acids is 2. The van der Waals surface area contributed by atoms with Gasteiger partial charge >= 0.3 is 0 Å². The topological polar surface area (TPSA) is 128 Å². The van der Waals surface area contributed by atoms with Crippen molar-refractivity contribution in [1.29, 1.82) is 0 Å². The minimum Gasteiger partial charge on any atom is -0.467 e. The summed E-state index contributed by atoms with van der Waals surface area (Å²) in [4.78, 5) is 40.3. The van der Waals surface area contributed by atoms with Crippen molar-refractivity contribution in [2.45, 2.75) is 104 Å². The van der Waals surface area contributed by atoms with Gasteiger partial charge in [0.25, 0.3) is 6.47 Å². The molecular weight excluding hydrogens is 719 g/mol. The van der Waals surface area contributed by atoms with Crippen LogP contribution in [0.4, 0.5) is 17.1 Å². The van der Waals surface area contributed by atoms with Gasteiger partial charge in [0.05, 0.1) is 42.9 Å². The molecule has 2 aliphatic carbocycles. The first-order valence-electron chi connectivity index (χ1n) is 21.4. The summed E-state index contributed by atoms with van der Waals surface area (Å²) in [6.45, 7) is 19.5. The third kappa shape index (κ3) is 10.2. The monoisotopic (exact) mass is 788 g/mol. The lowest BCUT2D eigenvalue weighted by molar-refractivity contribution is -0.131. The van der Waals surface area contributed by atoms with E-state index in [1.165, 1.54) is 32.1 Å². The molecule has 2 saturated heterocycles. The fourth-order valence-electron chi connectivity index (χ4n) is 9.61. The van der Waals surface area contributed by atoms with Crippen molar-refractivity contribution >= 4 is 35.5 Å². The number of nitrogens with two attached hydrogens (primary N) is 1. The molecule has 0 bridgehead atoms. The van der Waals surface area contributed by atoms with E-state index < -0.39 is 6.04 Å². The van der Waals surface area contributed by atoms with Crippen LogP contribution in [0.3, 0.4) is 0 Å². The number of aromatic nitrogens is 1. The van der Waals surface area contributed by atoms with Crippen molar-refractivity contribution in [2.75, 3.05) is 93.9 Å². The van der Waals surface area contributed by atoms with E-state index in [1.54, 1.807) is 7.11 Å². The molecule has 12 nitrogen and oxygen atoms in total. The molecule has 0 radical (unpaired) electrons. The first-order valence-corrected chi connectivity index (χ1v) is 21.4. The van der Waals surface area contributed by atoms with Crippen molar-refractivity contribution in [2.24, 2.45) is 16.6 Å². The van der Waals surface area contributed by atoms with E-state index in [4.69, 9.17) is 20.2 Å². The van der Waals surface area contributed by atoms with E-state index >= 15 is 0 Å². The number of hydrogen-bond acceptors (Lipinski definition) is 12. The van der Waals surface area contributed by atoms with Crippen LogP contribution in [0.25, 0.3) is 5.70 Å². The first kappa shape index (κ1) is 43.0. The maximum Gasteiger partial charge on any atom is 0.293 e. The number of likely N-dealkylation sites (tertiary alicyclic amines) is 1. The second-order valence-electron chi connectivity index (χ2n) is 17.9. The van der Waals surface area contributed by atoms with Crippen LogP contribution >= 0.6 is 0 Å². The van der Waals surface area contributed by atoms with Crippen molar-refractivity contribution in [1.82, 2.24) is 14.8 Å². The van der Waals surface area contributed by atoms with Crippen LogP contribution in [0.5, 0.6) is 0 Å². The molecule has 57 heavy (non-hydrogen) atoms. The summed E-state index contributed by atoms with van der Waals surface area (Å²) in [6, 6.07) is 11.1. The number of nitrogens with zero attached hydrogens (tertiary/aromatic N) is 6. The Bertz CT molecular complexity index is 1660. The van der Waals surface area contributed by atoms with E-state index in [9.17, 15) is 14.7 Å². The number of hydrogen-bond donors (Lipinski definition) is 2. The molecule has 314 valence electrons. The maximum absolute atomic E-state index is 11.9. The second kappa shape index (κ2) is 19.0. The zero-order chi connectivity index (χ0) is 40.7. The van der Waals surface area contributed by atoms with Crippen LogP contribution in [0.2, 0.25) is 0 Å². The molecular formula is C45H69N7O5. The van der Waals surface area contributed by atoms with Gasteiger partial charge in [-0.2, -0.15) is 0 Å². The average molecular weight is 788 g/mol. The van der Waals surface area contributed by atoms with Gasteiger partial charge in [-0.15, -0.1) is 0 Å². The fraction of sp³-hybridized carbons (Fsp3) is 0.667. The number of aliphatic hydroxyl groups is 1. The second-order valence-corrected chi connectivity index (χ2v) is 17.9. The van der Waals surface area contributed by atoms with Crippen LogP contribution in [0, 0.1) is 10.8 Å². The van der Waals surface area contributed by atoms with Gasteiger partial charge in [-0.25, -0.2) is 0 Å². The largest absolute Gasteiger partial charge is 0.467 e. The SMILES string of the molecule is CCN(/C(=C(\C)CC(C)(C)COC=O)c1cc(N2CCN(C3CC3)CC2)cnc1C(C)OC)c1ccc(N(CCO)CCC(C(N)C=O)N2CC3(CCC3)C2)cc1. The molecule has 4 fully saturated rings. The predicted octanol–water partition coefficient (Wildman–Crippen LogP) is 5.49. The highest BCUT2D eigenvalue weighted by Gasteiger charge is 2.49. The van der Waals surface area contributed by atoms with Crippen molar-refractivity contribution in [3.05, 3.63) is 53.4 Å². The van der Waals surface area contributed by atoms with Crippen molar-refractivity contribution in [3.63, 3.8) is 0 Å². The Hall–Kier alpha value is -3.55. The van der Waals surface area contributed by atoms with Crippen LogP contribution < -0.4 is 20.4 Å². The minimum absolute atomic E-state index is 0.0169. The normalized spacial score (nSPS) is 20.5. The summed E-state index contributed by atoms with van der Waals surface area (Å²) in [5.74, 6) is 0. The van der Waals surface area contributed by atoms with Gasteiger partial charge < -0.3 is 39.8 Å². The Balaban J connectivity index is 1.30. The highest BCUT2D eigenvalue weighted by Crippen LogP contribution is 2.49. The summed E-state index contributed by atoms with van der Waals surface area (Å²) in [5.41, 5.74) is 13.8. The number of methoxy groups -OCH3 is 1. The standard InChI is InChI=1S/C45H69N7O5/c1-7-52(37-13-11-35(12-14-37)48(23-24-53)18-15-41(40(46)28-54)51-29-45(30-51)16-8-17-45)43(33(2)26-44(4,5)31-57-32-55)39-25-38(27-47-42(39)34(3)56-6)50-21-19-49(20-22-50)36-9-10-36/h11-14,25,27-28,32,34,36,40-41,53H,7-10,15-24,26,29-31,46H2,1-6H3/b43-33+. The number of aliphatic hydroxyl groups excluding tert-OH is 1. The molecule has 1 aromatic heterocycles. The summed E-state index contributed by atoms with van der Waals surface area (Å²) >= 11 is 0. The highest BCUT2D eigenvalue weighted by molar-refractivity contribution is 5.84. The number of benzene rings is 1. The van der Waals surface area contributed by atoms with Crippen LogP contribution in [0.1, 0.15) is 96.9 Å². The molecule has 1 aromatic carbocycles. The van der Waals surface area contributed by atoms with E-state index in [1.807, 2.05) is 6.20 Å². The third-order valence-electron chi connectivity index (χ3n) is 13.1. The molecule has 3 unspecified atom stereocenters. The Kier molecular flexibility index (Phi) is 14.4. The quantitative estimate of drug-likeness (QED) is 0.147. The van der Waals surface area contributed by atoms with Crippen LogP contribution in [0.15, 0.2) is 42.1 Å². The molecule has 3 heterocycles. The minimum atomic E-state index is -0.534. The zero-order valence-electron chi connectivity index (χ0n) is 35.5. The maximum atomic E-state index is 11.9. The van der Waals surface area contributed by atoms with Crippen molar-refractivity contribution in [3.8, 4) is 0 Å². The number of aldehydes is 1. The lowest BCUT2D eigenvalue weighted by Crippen LogP contribution is -2.66. The van der Waals surface area contributed by atoms with Gasteiger partial charge in [-0.1, -0.05) is 20.3 Å². The Labute approximate surface area is 341 Å². The highest BCUT2D eigenvalue weighted by atomic mass is 16.5. The van der Waals surface area contributed by atoms with E-state index in [-0.39, 0.29) is 24.2 Å². The molecule has 2 saturated carbocycles. The van der Waals surface area contributed by atoms with E-state index in [0.717, 1.165) is 97.6 Å². The van der Waals surface area contributed by atoms with Crippen molar-refractivity contribution < 1.29 is 24.2 Å². The van der Waals surface area contributed by atoms with Gasteiger partial charge in [0, 0.05) is 106 Å². The summed E-state index contributed by atoms with van der Waals surface area (Å²) in [7, 11) is 1.73. The van der Waals surface area contributed by atoms with Gasteiger partial charge in [-0.05, 0) is 101 Å². The molecule has 3 atom stereocenters. The lowest BCUT2D eigenvalue weighted by atomic mass is 9.63. The number of allylic oxidation sites excluding steroid dienone is 1. The number of pyridine rings is 1. The average Bonchev–Trinajstić information content (AvgIpc) is 4.04. The zero-order valence-corrected chi connectivity index (χ0v) is 35.5. The molecule has 4 aliphatic rings. The number of piperazine rings is 1. The molecule has 2 aliphatic heterocycles. The molecule has 0 amide bonds. The summed E-state index contributed by atoms with van der Waals surface area (Å²) in [6.07, 6.45) is 10.6. The molecule has 3 N–H and O–H groups in total. The fourth-order valence-corrected chi connectivity index (χ4v) is 9.61. The summed E-state index contributed by atoms with van der Waals surface area (Å²) in [5, 5.41) is 10.1. The molecule has 6 rings (SSSR count). The van der Waals surface area contributed by atoms with Gasteiger partial charge in [0.1, 0.15) is 6.29 Å². The van der Waals surface area contributed by atoms with E-state index in [0.29, 0.717) is 44.5 Å². The van der Waals surface area contributed by atoms with E-state index in [2.05, 4.69) is 89.5 Å². The Morgan fingerprint density at radius 3 is 2.33 bits per heavy atom. The number of anilines is 3. The molecule has 1 spiro atoms.